The molecule has 0 bridgehead atoms. The molecule has 0 unspecified atom stereocenters. The Balaban J connectivity index is 2.31. The van der Waals surface area contributed by atoms with Gasteiger partial charge in [-0.1, -0.05) is 6.07 Å². The smallest absolute Gasteiger partial charge is 0.251 e. The van der Waals surface area contributed by atoms with Crippen LogP contribution in [0.1, 0.15) is 28.9 Å². The molecule has 0 aliphatic carbocycles. The first kappa shape index (κ1) is 22.5. The van der Waals surface area contributed by atoms with Crippen molar-refractivity contribution in [2.24, 2.45) is 0 Å². The summed E-state index contributed by atoms with van der Waals surface area (Å²) in [5.41, 5.74) is 1.02. The average Bonchev–Trinajstić information content (AvgIpc) is 2.72. The van der Waals surface area contributed by atoms with Crippen LogP contribution in [0.3, 0.4) is 0 Å². The Kier molecular flexibility index (Phi) is 7.10. The van der Waals surface area contributed by atoms with Crippen LogP contribution in [0.4, 0.5) is 0 Å². The molecule has 0 saturated heterocycles. The highest BCUT2D eigenvalue weighted by Gasteiger charge is 2.24. The molecule has 0 aromatic heterocycles. The van der Waals surface area contributed by atoms with Crippen molar-refractivity contribution in [3.8, 4) is 17.2 Å². The zero-order valence-electron chi connectivity index (χ0n) is 17.3. The third kappa shape index (κ3) is 4.80. The normalized spacial score (nSPS) is 12.4. The Labute approximate surface area is 171 Å². The molecule has 0 aliphatic heterocycles. The summed E-state index contributed by atoms with van der Waals surface area (Å²) in [6, 6.07) is 9.30. The van der Waals surface area contributed by atoms with E-state index in [0.29, 0.717) is 11.5 Å². The lowest BCUT2D eigenvalue weighted by molar-refractivity contribution is 0.0939. The number of amides is 1. The molecule has 1 N–H and O–H groups in total. The number of nitrogens with zero attached hydrogens (tertiary/aromatic N) is 1. The van der Waals surface area contributed by atoms with Crippen LogP contribution in [0.5, 0.6) is 17.2 Å². The summed E-state index contributed by atoms with van der Waals surface area (Å²) in [4.78, 5) is 12.7. The number of ether oxygens (including phenoxy) is 3. The molecule has 2 aromatic carbocycles. The van der Waals surface area contributed by atoms with E-state index < -0.39 is 15.9 Å². The highest BCUT2D eigenvalue weighted by molar-refractivity contribution is 7.89. The van der Waals surface area contributed by atoms with Crippen molar-refractivity contribution in [1.29, 1.82) is 0 Å². The van der Waals surface area contributed by atoms with Crippen LogP contribution in [0, 0.1) is 0 Å². The summed E-state index contributed by atoms with van der Waals surface area (Å²) >= 11 is 0. The molecule has 0 saturated carbocycles. The van der Waals surface area contributed by atoms with E-state index in [-0.39, 0.29) is 22.3 Å². The quantitative estimate of drug-likeness (QED) is 0.702. The molecule has 0 radical (unpaired) electrons. The highest BCUT2D eigenvalue weighted by atomic mass is 32.2. The fourth-order valence-corrected chi connectivity index (χ4v) is 3.78. The van der Waals surface area contributed by atoms with Gasteiger partial charge in [0.25, 0.3) is 5.91 Å². The van der Waals surface area contributed by atoms with Gasteiger partial charge in [-0.2, -0.15) is 0 Å². The lowest BCUT2D eigenvalue weighted by Gasteiger charge is -2.18. The lowest BCUT2D eigenvalue weighted by Crippen LogP contribution is -2.27. The number of nitrogens with one attached hydrogen (secondary N) is 1. The molecular formula is C20H26N2O6S. The molecule has 2 rings (SSSR count). The second-order valence-electron chi connectivity index (χ2n) is 6.46. The second-order valence-corrected chi connectivity index (χ2v) is 8.58. The third-order valence-electron chi connectivity index (χ3n) is 4.44. The number of benzene rings is 2. The number of hydrogen-bond acceptors (Lipinski definition) is 6. The SMILES string of the molecule is COc1ccc([C@H](C)NC(=O)c2ccc(OC)c(S(=O)(=O)N(C)C)c2)cc1OC. The topological polar surface area (TPSA) is 94.2 Å². The summed E-state index contributed by atoms with van der Waals surface area (Å²) in [6.07, 6.45) is 0. The van der Waals surface area contributed by atoms with Crippen molar-refractivity contribution >= 4 is 15.9 Å². The van der Waals surface area contributed by atoms with Gasteiger partial charge in [-0.15, -0.1) is 0 Å². The van der Waals surface area contributed by atoms with E-state index in [1.807, 2.05) is 13.0 Å². The zero-order valence-corrected chi connectivity index (χ0v) is 18.2. The van der Waals surface area contributed by atoms with Crippen molar-refractivity contribution in [1.82, 2.24) is 9.62 Å². The fraction of sp³-hybridized carbons (Fsp3) is 0.350. The van der Waals surface area contributed by atoms with Crippen LogP contribution >= 0.6 is 0 Å². The first-order chi connectivity index (χ1) is 13.6. The Hall–Kier alpha value is -2.78. The number of methoxy groups -OCH3 is 3. The van der Waals surface area contributed by atoms with Crippen molar-refractivity contribution < 1.29 is 27.4 Å². The van der Waals surface area contributed by atoms with Crippen LogP contribution < -0.4 is 19.5 Å². The van der Waals surface area contributed by atoms with E-state index in [2.05, 4.69) is 5.32 Å². The molecule has 158 valence electrons. The van der Waals surface area contributed by atoms with Gasteiger partial charge >= 0.3 is 0 Å². The van der Waals surface area contributed by atoms with Gasteiger partial charge in [-0.25, -0.2) is 12.7 Å². The van der Waals surface area contributed by atoms with Crippen LogP contribution in [0.15, 0.2) is 41.3 Å². The number of sulfonamides is 1. The fourth-order valence-electron chi connectivity index (χ4n) is 2.70. The molecular weight excluding hydrogens is 396 g/mol. The maximum Gasteiger partial charge on any atom is 0.251 e. The first-order valence-corrected chi connectivity index (χ1v) is 10.2. The van der Waals surface area contributed by atoms with E-state index >= 15 is 0 Å². The zero-order chi connectivity index (χ0) is 21.8. The lowest BCUT2D eigenvalue weighted by atomic mass is 10.1. The van der Waals surface area contributed by atoms with Gasteiger partial charge in [-0.3, -0.25) is 4.79 Å². The van der Waals surface area contributed by atoms with E-state index in [4.69, 9.17) is 14.2 Å². The van der Waals surface area contributed by atoms with Gasteiger partial charge in [0.1, 0.15) is 10.6 Å². The second kappa shape index (κ2) is 9.15. The van der Waals surface area contributed by atoms with Crippen LogP contribution in [0.2, 0.25) is 0 Å². The summed E-state index contributed by atoms with van der Waals surface area (Å²) in [7, 11) is 3.52. The monoisotopic (exact) mass is 422 g/mol. The molecule has 1 amide bonds. The third-order valence-corrected chi connectivity index (χ3v) is 6.28. The van der Waals surface area contributed by atoms with Gasteiger partial charge < -0.3 is 19.5 Å². The minimum atomic E-state index is -3.78. The van der Waals surface area contributed by atoms with Gasteiger partial charge in [0.05, 0.1) is 27.4 Å². The Morgan fingerprint density at radius 3 is 2.07 bits per heavy atom. The molecule has 0 spiro atoms. The standard InChI is InChI=1S/C20H26N2O6S/c1-13(14-7-9-16(26-4)18(11-14)28-6)21-20(23)15-8-10-17(27-5)19(12-15)29(24,25)22(2)3/h7-13H,1-6H3,(H,21,23)/t13-/m0/s1. The van der Waals surface area contributed by atoms with Crippen LogP contribution in [0.25, 0.3) is 0 Å². The van der Waals surface area contributed by atoms with Crippen molar-refractivity contribution in [3.05, 3.63) is 47.5 Å². The minimum Gasteiger partial charge on any atom is -0.495 e. The Morgan fingerprint density at radius 2 is 1.52 bits per heavy atom. The van der Waals surface area contributed by atoms with Crippen molar-refractivity contribution in [2.45, 2.75) is 17.9 Å². The van der Waals surface area contributed by atoms with E-state index in [1.54, 1.807) is 19.2 Å². The minimum absolute atomic E-state index is 0.0728. The Bertz CT molecular complexity index is 988. The van der Waals surface area contributed by atoms with Crippen LogP contribution in [-0.4, -0.2) is 54.1 Å². The van der Waals surface area contributed by atoms with E-state index in [1.165, 1.54) is 46.5 Å². The van der Waals surface area contributed by atoms with Crippen molar-refractivity contribution in [3.63, 3.8) is 0 Å². The number of hydrogen-bond donors (Lipinski definition) is 1. The first-order valence-electron chi connectivity index (χ1n) is 8.79. The summed E-state index contributed by atoms with van der Waals surface area (Å²) in [5.74, 6) is 0.895. The van der Waals surface area contributed by atoms with Gasteiger partial charge in [-0.05, 0) is 42.8 Å². The van der Waals surface area contributed by atoms with Gasteiger partial charge in [0.15, 0.2) is 11.5 Å². The van der Waals surface area contributed by atoms with Gasteiger partial charge in [0, 0.05) is 19.7 Å². The number of carbonyl (C=O) groups excluding carboxylic acids is 1. The van der Waals surface area contributed by atoms with Gasteiger partial charge in [0.2, 0.25) is 10.0 Å². The highest BCUT2D eigenvalue weighted by Crippen LogP contribution is 2.30. The van der Waals surface area contributed by atoms with Crippen molar-refractivity contribution in [2.75, 3.05) is 35.4 Å². The molecule has 2 aromatic rings. The molecule has 9 heteroatoms. The predicted octanol–water partition coefficient (Wildman–Crippen LogP) is 2.45. The molecule has 0 fully saturated rings. The predicted molar refractivity (Wildman–Crippen MR) is 109 cm³/mol. The maximum atomic E-state index is 12.7. The summed E-state index contributed by atoms with van der Waals surface area (Å²) < 4.78 is 41.8. The maximum absolute atomic E-state index is 12.7. The molecule has 0 heterocycles. The van der Waals surface area contributed by atoms with Crippen LogP contribution in [-0.2, 0) is 10.0 Å². The molecule has 1 atom stereocenters. The Morgan fingerprint density at radius 1 is 0.931 bits per heavy atom. The number of carbonyl (C=O) groups is 1. The number of rotatable bonds is 8. The summed E-state index contributed by atoms with van der Waals surface area (Å²) in [5, 5.41) is 2.86. The molecule has 29 heavy (non-hydrogen) atoms. The summed E-state index contributed by atoms with van der Waals surface area (Å²) in [6.45, 7) is 1.82. The van der Waals surface area contributed by atoms with E-state index in [0.717, 1.165) is 9.87 Å². The molecule has 0 aliphatic rings. The average molecular weight is 423 g/mol. The van der Waals surface area contributed by atoms with E-state index in [9.17, 15) is 13.2 Å². The molecule has 8 nitrogen and oxygen atoms in total. The largest absolute Gasteiger partial charge is 0.495 e.